The van der Waals surface area contributed by atoms with Gasteiger partial charge in [-0.2, -0.15) is 0 Å². The van der Waals surface area contributed by atoms with Crippen LogP contribution in [0.3, 0.4) is 0 Å². The zero-order chi connectivity index (χ0) is 20.5. The van der Waals surface area contributed by atoms with Gasteiger partial charge in [-0.25, -0.2) is 4.39 Å². The molecule has 156 valence electrons. The summed E-state index contributed by atoms with van der Waals surface area (Å²) in [6, 6.07) is 6.00. The van der Waals surface area contributed by atoms with E-state index in [4.69, 9.17) is 4.74 Å². The Morgan fingerprint density at radius 1 is 1.10 bits per heavy atom. The maximum absolute atomic E-state index is 13.5. The zero-order valence-corrected chi connectivity index (χ0v) is 17.1. The topological polar surface area (TPSA) is 53.1 Å². The number of amides is 2. The Labute approximate surface area is 170 Å². The highest BCUT2D eigenvalue weighted by molar-refractivity contribution is 6.35. The smallest absolute Gasteiger partial charge is 0.277 e. The number of rotatable bonds is 5. The van der Waals surface area contributed by atoms with E-state index in [9.17, 15) is 14.0 Å². The van der Waals surface area contributed by atoms with Gasteiger partial charge in [-0.15, -0.1) is 0 Å². The minimum atomic E-state index is -0.368. The molecule has 0 bridgehead atoms. The molecule has 0 aromatic heterocycles. The fourth-order valence-corrected chi connectivity index (χ4v) is 4.49. The molecule has 6 nitrogen and oxygen atoms in total. The number of imide groups is 1. The van der Waals surface area contributed by atoms with E-state index in [1.54, 1.807) is 12.1 Å². The second kappa shape index (κ2) is 8.24. The Morgan fingerprint density at radius 3 is 2.41 bits per heavy atom. The molecule has 0 N–H and O–H groups in total. The van der Waals surface area contributed by atoms with Crippen LogP contribution in [0, 0.1) is 5.82 Å². The van der Waals surface area contributed by atoms with E-state index in [0.29, 0.717) is 23.4 Å². The molecule has 0 saturated carbocycles. The third kappa shape index (κ3) is 3.94. The van der Waals surface area contributed by atoms with Crippen LogP contribution in [-0.4, -0.2) is 79.0 Å². The van der Waals surface area contributed by atoms with Crippen LogP contribution in [0.25, 0.3) is 5.57 Å². The van der Waals surface area contributed by atoms with Gasteiger partial charge in [-0.3, -0.25) is 14.5 Å². The lowest BCUT2D eigenvalue weighted by molar-refractivity contribution is -0.139. The average Bonchev–Trinajstić information content (AvgIpc) is 3.31. The highest BCUT2D eigenvalue weighted by atomic mass is 19.1. The van der Waals surface area contributed by atoms with E-state index in [1.165, 1.54) is 17.0 Å². The van der Waals surface area contributed by atoms with E-state index in [0.717, 1.165) is 38.8 Å². The first-order valence-electron chi connectivity index (χ1n) is 10.3. The first-order valence-corrected chi connectivity index (χ1v) is 10.3. The molecule has 7 heteroatoms. The third-order valence-corrected chi connectivity index (χ3v) is 6.28. The molecule has 3 aliphatic rings. The van der Waals surface area contributed by atoms with Gasteiger partial charge in [0.25, 0.3) is 11.8 Å². The predicted molar refractivity (Wildman–Crippen MR) is 107 cm³/mol. The van der Waals surface area contributed by atoms with Crippen molar-refractivity contribution in [2.75, 3.05) is 40.3 Å². The molecular formula is C22H28FN3O3. The molecule has 4 rings (SSSR count). The van der Waals surface area contributed by atoms with Gasteiger partial charge >= 0.3 is 0 Å². The number of carbonyl (C=O) groups excluding carboxylic acids is 2. The number of benzene rings is 1. The summed E-state index contributed by atoms with van der Waals surface area (Å²) in [4.78, 5) is 32.2. The van der Waals surface area contributed by atoms with Crippen LogP contribution in [0.1, 0.15) is 31.2 Å². The van der Waals surface area contributed by atoms with E-state index < -0.39 is 0 Å². The lowest BCUT2D eigenvalue weighted by Gasteiger charge is -2.36. The van der Waals surface area contributed by atoms with Crippen molar-refractivity contribution < 1.29 is 18.7 Å². The number of nitrogens with zero attached hydrogens (tertiary/aromatic N) is 3. The van der Waals surface area contributed by atoms with E-state index in [-0.39, 0.29) is 36.3 Å². The van der Waals surface area contributed by atoms with Gasteiger partial charge < -0.3 is 14.5 Å². The fraction of sp³-hybridized carbons (Fsp3) is 0.545. The number of likely N-dealkylation sites (N-methyl/N-ethyl adjacent to an activating group) is 1. The summed E-state index contributed by atoms with van der Waals surface area (Å²) in [7, 11) is 3.99. The Hall–Kier alpha value is -2.25. The lowest BCUT2D eigenvalue weighted by atomic mass is 10.00. The maximum atomic E-state index is 13.5. The van der Waals surface area contributed by atoms with Crippen molar-refractivity contribution in [3.8, 4) is 0 Å². The van der Waals surface area contributed by atoms with Gasteiger partial charge in [0.2, 0.25) is 0 Å². The molecule has 3 aliphatic heterocycles. The van der Waals surface area contributed by atoms with Gasteiger partial charge in [0.05, 0.1) is 18.2 Å². The van der Waals surface area contributed by atoms with Crippen LogP contribution < -0.4 is 0 Å². The van der Waals surface area contributed by atoms with Crippen molar-refractivity contribution in [2.45, 2.75) is 37.8 Å². The Morgan fingerprint density at radius 2 is 1.79 bits per heavy atom. The number of carbonyl (C=O) groups is 2. The Balaban J connectivity index is 1.67. The first kappa shape index (κ1) is 20.0. The summed E-state index contributed by atoms with van der Waals surface area (Å²) >= 11 is 0. The highest BCUT2D eigenvalue weighted by Gasteiger charge is 2.43. The molecule has 29 heavy (non-hydrogen) atoms. The quantitative estimate of drug-likeness (QED) is 0.708. The van der Waals surface area contributed by atoms with Gasteiger partial charge in [0, 0.05) is 19.7 Å². The van der Waals surface area contributed by atoms with Gasteiger partial charge in [-0.05, 0) is 63.5 Å². The van der Waals surface area contributed by atoms with E-state index in [2.05, 4.69) is 11.9 Å². The zero-order valence-electron chi connectivity index (χ0n) is 17.1. The molecule has 2 fully saturated rings. The fourth-order valence-electron chi connectivity index (χ4n) is 4.49. The molecule has 0 radical (unpaired) electrons. The second-order valence-electron chi connectivity index (χ2n) is 8.23. The Bertz CT molecular complexity index is 809. The van der Waals surface area contributed by atoms with Crippen molar-refractivity contribution in [2.24, 2.45) is 0 Å². The first-order chi connectivity index (χ1) is 14.0. The standard InChI is InChI=1S/C22H28FN3O3/c1-24-11-9-17(10-12-24)25(2)20-19(15-5-7-16(23)8-6-15)21(27)26(22(20)28)14-18-4-3-13-29-18/h5-8,17-18H,3-4,9-14H2,1-2H3. The van der Waals surface area contributed by atoms with Crippen molar-refractivity contribution in [3.05, 3.63) is 41.3 Å². The van der Waals surface area contributed by atoms with Gasteiger partial charge in [0.15, 0.2) is 0 Å². The molecule has 0 aliphatic carbocycles. The number of ether oxygens (including phenoxy) is 1. The van der Waals surface area contributed by atoms with Crippen LogP contribution in [0.5, 0.6) is 0 Å². The largest absolute Gasteiger partial charge is 0.376 e. The molecular weight excluding hydrogens is 373 g/mol. The van der Waals surface area contributed by atoms with Crippen molar-refractivity contribution in [3.63, 3.8) is 0 Å². The molecule has 2 saturated heterocycles. The monoisotopic (exact) mass is 401 g/mol. The molecule has 3 heterocycles. The summed E-state index contributed by atoms with van der Waals surface area (Å²) in [5, 5.41) is 0. The molecule has 2 amide bonds. The molecule has 0 spiro atoms. The second-order valence-corrected chi connectivity index (χ2v) is 8.23. The van der Waals surface area contributed by atoms with Gasteiger partial charge in [-0.1, -0.05) is 12.1 Å². The maximum Gasteiger partial charge on any atom is 0.277 e. The SMILES string of the molecule is CN1CCC(N(C)C2=C(c3ccc(F)cc3)C(=O)N(CC3CCCO3)C2=O)CC1. The normalized spacial score (nSPS) is 24.1. The number of likely N-dealkylation sites (tertiary alicyclic amines) is 1. The van der Waals surface area contributed by atoms with Crippen molar-refractivity contribution in [1.82, 2.24) is 14.7 Å². The van der Waals surface area contributed by atoms with Crippen LogP contribution in [0.2, 0.25) is 0 Å². The number of halogens is 1. The summed E-state index contributed by atoms with van der Waals surface area (Å²) in [5.41, 5.74) is 1.37. The molecule has 1 unspecified atom stereocenters. The van der Waals surface area contributed by atoms with Gasteiger partial charge in [0.1, 0.15) is 11.5 Å². The number of hydrogen-bond donors (Lipinski definition) is 0. The average molecular weight is 401 g/mol. The number of piperidine rings is 1. The molecule has 1 atom stereocenters. The van der Waals surface area contributed by atoms with Crippen molar-refractivity contribution >= 4 is 17.4 Å². The predicted octanol–water partition coefficient (Wildman–Crippen LogP) is 2.11. The van der Waals surface area contributed by atoms with Crippen LogP contribution in [0.4, 0.5) is 4.39 Å². The van der Waals surface area contributed by atoms with E-state index in [1.807, 2.05) is 11.9 Å². The Kier molecular flexibility index (Phi) is 5.69. The van der Waals surface area contributed by atoms with Crippen LogP contribution in [0.15, 0.2) is 30.0 Å². The molecule has 1 aromatic rings. The summed E-state index contributed by atoms with van der Waals surface area (Å²) < 4.78 is 19.1. The summed E-state index contributed by atoms with van der Waals surface area (Å²) in [5.74, 6) is -0.953. The summed E-state index contributed by atoms with van der Waals surface area (Å²) in [6.45, 7) is 2.85. The third-order valence-electron chi connectivity index (χ3n) is 6.28. The summed E-state index contributed by atoms with van der Waals surface area (Å²) in [6.07, 6.45) is 3.55. The number of hydrogen-bond acceptors (Lipinski definition) is 5. The van der Waals surface area contributed by atoms with E-state index >= 15 is 0 Å². The van der Waals surface area contributed by atoms with Crippen LogP contribution >= 0.6 is 0 Å². The van der Waals surface area contributed by atoms with Crippen LogP contribution in [-0.2, 0) is 14.3 Å². The lowest BCUT2D eigenvalue weighted by Crippen LogP contribution is -2.44. The molecule has 1 aromatic carbocycles. The highest BCUT2D eigenvalue weighted by Crippen LogP contribution is 2.34. The minimum absolute atomic E-state index is 0.106. The van der Waals surface area contributed by atoms with Crippen molar-refractivity contribution in [1.29, 1.82) is 0 Å². The minimum Gasteiger partial charge on any atom is -0.376 e.